The number of carboxylic acid groups (broad SMARTS) is 4. The molecule has 0 spiro atoms. The van der Waals surface area contributed by atoms with Crippen LogP contribution in [0.5, 0.6) is 5.75 Å². The molecule has 0 unspecified atom stereocenters. The molecule has 0 aliphatic rings. The highest BCUT2D eigenvalue weighted by Crippen LogP contribution is 2.21. The van der Waals surface area contributed by atoms with Crippen molar-refractivity contribution in [3.63, 3.8) is 0 Å². The summed E-state index contributed by atoms with van der Waals surface area (Å²) in [6, 6.07) is 5.05. The lowest BCUT2D eigenvalue weighted by molar-refractivity contribution is -0.145. The number of hydrogen-bond acceptors (Lipinski definition) is 10. The van der Waals surface area contributed by atoms with Gasteiger partial charge in [-0.1, -0.05) is 6.07 Å². The van der Waals surface area contributed by atoms with Crippen molar-refractivity contribution < 1.29 is 62.3 Å². The van der Waals surface area contributed by atoms with Crippen LogP contribution in [0.4, 0.5) is 5.69 Å². The van der Waals surface area contributed by atoms with E-state index in [0.717, 1.165) is 18.2 Å². The Morgan fingerprint density at radius 1 is 0.889 bits per heavy atom. The Labute approximate surface area is 254 Å². The van der Waals surface area contributed by atoms with Crippen LogP contribution in [0, 0.1) is 5.41 Å². The molecule has 242 valence electrons. The number of nitrogens with one attached hydrogen (secondary N) is 5. The van der Waals surface area contributed by atoms with Crippen LogP contribution in [0.3, 0.4) is 0 Å². The zero-order valence-electron chi connectivity index (χ0n) is 23.0. The van der Waals surface area contributed by atoms with Crippen LogP contribution in [-0.4, -0.2) is 82.6 Å². The second-order valence-corrected chi connectivity index (χ2v) is 10.6. The summed E-state index contributed by atoms with van der Waals surface area (Å²) in [5.74, 6) is -8.97. The van der Waals surface area contributed by atoms with E-state index in [1.54, 1.807) is 4.72 Å². The molecule has 2 rings (SSSR count). The number of carbonyl (C=O) groups is 6. The van der Waals surface area contributed by atoms with Gasteiger partial charge in [-0.2, -0.15) is 17.9 Å². The Bertz CT molecular complexity index is 1590. The molecule has 11 N–H and O–H groups in total. The molecular formula is C25H28N6O13S. The lowest BCUT2D eigenvalue weighted by atomic mass is 10.1. The third kappa shape index (κ3) is 11.9. The first-order chi connectivity index (χ1) is 21.0. The molecule has 0 radical (unpaired) electrons. The zero-order chi connectivity index (χ0) is 33.9. The van der Waals surface area contributed by atoms with E-state index in [9.17, 15) is 47.4 Å². The Hall–Kier alpha value is -5.60. The standard InChI is InChI=1S/C25H28N6O13S/c26-25(27)29-14-4-1-12(2-5-14)24(41)44-15-6-3-13(16(9-15)21(36)30-18(23(39)40)10-20(34)35)11-28-45(42,43)31-17(22(37)38)7-8-19(32)33/h1-6,9,17-18,28,31H,7-8,10-11H2,(H,30,36)(H,32,33)(H,34,35)(H,37,38)(H,39,40)(H4,26,27,29)/t17-,18-/m0/s1. The molecule has 45 heavy (non-hydrogen) atoms. The molecule has 0 fully saturated rings. The molecule has 1 amide bonds. The van der Waals surface area contributed by atoms with Crippen molar-refractivity contribution >= 4 is 57.6 Å². The minimum absolute atomic E-state index is 0.0290. The fourth-order valence-corrected chi connectivity index (χ4v) is 4.53. The van der Waals surface area contributed by atoms with E-state index in [-0.39, 0.29) is 22.8 Å². The number of aliphatic carboxylic acids is 4. The van der Waals surface area contributed by atoms with Gasteiger partial charge in [0.2, 0.25) is 0 Å². The van der Waals surface area contributed by atoms with Crippen LogP contribution in [0.15, 0.2) is 42.5 Å². The third-order valence-corrected chi connectivity index (χ3v) is 6.73. The highest BCUT2D eigenvalue weighted by atomic mass is 32.2. The number of amides is 1. The molecule has 2 atom stereocenters. The molecule has 0 aliphatic carbocycles. The number of guanidine groups is 1. The van der Waals surface area contributed by atoms with Crippen molar-refractivity contribution in [1.82, 2.24) is 14.8 Å². The molecule has 0 aromatic heterocycles. The van der Waals surface area contributed by atoms with Crippen molar-refractivity contribution in [2.75, 3.05) is 5.32 Å². The number of ether oxygens (including phenoxy) is 1. The number of esters is 1. The van der Waals surface area contributed by atoms with Crippen molar-refractivity contribution in [2.45, 2.75) is 37.9 Å². The van der Waals surface area contributed by atoms with Gasteiger partial charge >= 0.3 is 29.8 Å². The molecule has 19 nitrogen and oxygen atoms in total. The predicted molar refractivity (Wildman–Crippen MR) is 152 cm³/mol. The summed E-state index contributed by atoms with van der Waals surface area (Å²) in [5.41, 5.74) is 5.08. The van der Waals surface area contributed by atoms with E-state index in [1.807, 2.05) is 10.0 Å². The van der Waals surface area contributed by atoms with Crippen LogP contribution < -0.4 is 30.5 Å². The summed E-state index contributed by atoms with van der Waals surface area (Å²) in [6.45, 7) is -0.709. The van der Waals surface area contributed by atoms with Crippen LogP contribution in [0.25, 0.3) is 0 Å². The summed E-state index contributed by atoms with van der Waals surface area (Å²) in [5, 5.41) is 48.0. The molecule has 0 saturated carbocycles. The second kappa shape index (κ2) is 15.7. The van der Waals surface area contributed by atoms with E-state index in [1.165, 1.54) is 24.3 Å². The lowest BCUT2D eigenvalue weighted by Crippen LogP contribution is -2.46. The highest BCUT2D eigenvalue weighted by Gasteiger charge is 2.27. The normalized spacial score (nSPS) is 12.3. The van der Waals surface area contributed by atoms with Gasteiger partial charge in [-0.05, 0) is 48.4 Å². The number of carbonyl (C=O) groups excluding carboxylic acids is 2. The summed E-state index contributed by atoms with van der Waals surface area (Å²) in [6.07, 6.45) is -2.26. The number of carboxylic acids is 4. The van der Waals surface area contributed by atoms with Crippen LogP contribution in [0.1, 0.15) is 45.5 Å². The van der Waals surface area contributed by atoms with Crippen LogP contribution >= 0.6 is 0 Å². The average Bonchev–Trinajstić information content (AvgIpc) is 2.93. The molecule has 2 aromatic rings. The largest absolute Gasteiger partial charge is 0.481 e. The van der Waals surface area contributed by atoms with Gasteiger partial charge in [0.15, 0.2) is 5.96 Å². The van der Waals surface area contributed by atoms with Gasteiger partial charge in [-0.15, -0.1) is 0 Å². The summed E-state index contributed by atoms with van der Waals surface area (Å²) < 4.78 is 34.1. The molecule has 0 aliphatic heterocycles. The van der Waals surface area contributed by atoms with E-state index < -0.39 is 89.4 Å². The SMILES string of the molecule is N=C(N)Nc1ccc(C(=O)Oc2ccc(CNS(=O)(=O)N[C@@H](CCC(=O)O)C(=O)O)c(C(=O)N[C@@H](CC(=O)O)C(=O)O)c2)cc1. The number of nitrogens with two attached hydrogens (primary N) is 1. The van der Waals surface area contributed by atoms with Gasteiger partial charge in [0, 0.05) is 24.2 Å². The van der Waals surface area contributed by atoms with E-state index in [2.05, 4.69) is 5.32 Å². The Balaban J connectivity index is 2.35. The van der Waals surface area contributed by atoms with E-state index in [4.69, 9.17) is 26.1 Å². The molecular weight excluding hydrogens is 624 g/mol. The second-order valence-electron chi connectivity index (χ2n) is 9.05. The highest BCUT2D eigenvalue weighted by molar-refractivity contribution is 7.87. The Kier molecular flexibility index (Phi) is 12.5. The maximum absolute atomic E-state index is 13.1. The number of anilines is 1. The molecule has 20 heteroatoms. The number of rotatable bonds is 17. The van der Waals surface area contributed by atoms with E-state index >= 15 is 0 Å². The van der Waals surface area contributed by atoms with Gasteiger partial charge in [0.05, 0.1) is 12.0 Å². The van der Waals surface area contributed by atoms with Gasteiger partial charge in [-0.25, -0.2) is 9.59 Å². The summed E-state index contributed by atoms with van der Waals surface area (Å²) in [4.78, 5) is 70.4. The molecule has 0 heterocycles. The van der Waals surface area contributed by atoms with Crippen molar-refractivity contribution in [1.29, 1.82) is 5.41 Å². The first kappa shape index (κ1) is 35.6. The van der Waals surface area contributed by atoms with Crippen LogP contribution in [0.2, 0.25) is 0 Å². The first-order valence-electron chi connectivity index (χ1n) is 12.5. The quantitative estimate of drug-likeness (QED) is 0.0429. The van der Waals surface area contributed by atoms with Crippen molar-refractivity contribution in [3.8, 4) is 5.75 Å². The summed E-state index contributed by atoms with van der Waals surface area (Å²) >= 11 is 0. The average molecular weight is 653 g/mol. The van der Waals surface area contributed by atoms with Gasteiger partial charge in [0.25, 0.3) is 16.1 Å². The predicted octanol–water partition coefficient (Wildman–Crippen LogP) is -0.889. The smallest absolute Gasteiger partial charge is 0.343 e. The summed E-state index contributed by atoms with van der Waals surface area (Å²) in [7, 11) is -4.63. The van der Waals surface area contributed by atoms with Crippen LogP contribution in [-0.2, 0) is 35.9 Å². The number of hydrogen-bond donors (Lipinski definition) is 10. The first-order valence-corrected chi connectivity index (χ1v) is 14.0. The fourth-order valence-electron chi connectivity index (χ4n) is 3.51. The maximum atomic E-state index is 13.1. The zero-order valence-corrected chi connectivity index (χ0v) is 23.8. The minimum Gasteiger partial charge on any atom is -0.481 e. The Morgan fingerprint density at radius 3 is 2.04 bits per heavy atom. The maximum Gasteiger partial charge on any atom is 0.343 e. The molecule has 0 saturated heterocycles. The Morgan fingerprint density at radius 2 is 1.51 bits per heavy atom. The molecule has 2 aromatic carbocycles. The van der Waals surface area contributed by atoms with E-state index in [0.29, 0.717) is 5.69 Å². The van der Waals surface area contributed by atoms with Gasteiger partial charge in [-0.3, -0.25) is 24.6 Å². The monoisotopic (exact) mass is 652 g/mol. The lowest BCUT2D eigenvalue weighted by Gasteiger charge is -2.17. The topological polar surface area (TPSA) is 325 Å². The van der Waals surface area contributed by atoms with Gasteiger partial charge < -0.3 is 41.5 Å². The van der Waals surface area contributed by atoms with Crippen molar-refractivity contribution in [3.05, 3.63) is 59.2 Å². The third-order valence-electron chi connectivity index (χ3n) is 5.61. The van der Waals surface area contributed by atoms with Crippen molar-refractivity contribution in [2.24, 2.45) is 5.73 Å². The fraction of sp³-hybridized carbons (Fsp3) is 0.240. The number of benzene rings is 2. The minimum atomic E-state index is -4.63. The van der Waals surface area contributed by atoms with Gasteiger partial charge in [0.1, 0.15) is 17.8 Å². The molecule has 0 bridgehead atoms.